The molecule has 0 radical (unpaired) electrons. The Morgan fingerprint density at radius 3 is 2.18 bits per heavy atom. The molecule has 4 atom stereocenters. The maximum Gasteiger partial charge on any atom is 0.304 e. The fraction of sp³-hybridized carbons (Fsp3) is 0.889. The van der Waals surface area contributed by atoms with Gasteiger partial charge in [-0.3, -0.25) is 14.2 Å². The molecular weight excluding hydrogens is 403 g/mol. The highest BCUT2D eigenvalue weighted by molar-refractivity contribution is 7.59. The van der Waals surface area contributed by atoms with Crippen molar-refractivity contribution >= 4 is 27.6 Å². The number of esters is 2. The Kier molecular flexibility index (Phi) is 8.48. The zero-order chi connectivity index (χ0) is 21.9. The van der Waals surface area contributed by atoms with Crippen LogP contribution < -0.4 is 0 Å². The van der Waals surface area contributed by atoms with E-state index in [9.17, 15) is 14.2 Å². The Hall–Kier alpha value is -0.733. The van der Waals surface area contributed by atoms with Crippen molar-refractivity contribution in [2.45, 2.75) is 90.9 Å². The van der Waals surface area contributed by atoms with Crippen molar-refractivity contribution in [3.05, 3.63) is 0 Å². The summed E-state index contributed by atoms with van der Waals surface area (Å²) in [6.07, 6.45) is -2.37. The molecule has 1 rings (SSSR count). The van der Waals surface area contributed by atoms with Gasteiger partial charge in [-0.2, -0.15) is 0 Å². The van der Waals surface area contributed by atoms with Crippen LogP contribution in [0.2, 0.25) is 18.1 Å². The summed E-state index contributed by atoms with van der Waals surface area (Å²) in [4.78, 5) is 22.8. The molecule has 1 saturated heterocycles. The van der Waals surface area contributed by atoms with E-state index in [1.807, 2.05) is 13.1 Å². The summed E-state index contributed by atoms with van der Waals surface area (Å²) in [6, 6.07) is 0. The minimum absolute atomic E-state index is 0.110. The molecule has 0 saturated carbocycles. The molecule has 0 aromatic carbocycles. The van der Waals surface area contributed by atoms with Crippen LogP contribution in [-0.4, -0.2) is 57.4 Å². The van der Waals surface area contributed by atoms with Crippen molar-refractivity contribution in [1.82, 2.24) is 0 Å². The van der Waals surface area contributed by atoms with Gasteiger partial charge in [0.15, 0.2) is 14.2 Å². The molecule has 1 aliphatic heterocycles. The second-order valence-corrected chi connectivity index (χ2v) is 16.1. The molecule has 1 unspecified atom stereocenters. The lowest BCUT2D eigenvalue weighted by Gasteiger charge is -2.46. The molecule has 0 aromatic rings. The molecule has 0 amide bonds. The number of carbonyl (C=O) groups excluding carboxylic acids is 2. The Labute approximate surface area is 169 Å². The average molecular weight is 439 g/mol. The topological polar surface area (TPSA) is 97.4 Å². The van der Waals surface area contributed by atoms with Crippen LogP contribution in [0.25, 0.3) is 0 Å². The Bertz CT molecular complexity index is 613. The molecule has 28 heavy (non-hydrogen) atoms. The van der Waals surface area contributed by atoms with Gasteiger partial charge < -0.3 is 23.2 Å². The van der Waals surface area contributed by atoms with Crippen molar-refractivity contribution < 1.29 is 37.3 Å². The second-order valence-electron chi connectivity index (χ2n) is 8.85. The molecule has 0 aliphatic carbocycles. The second kappa shape index (κ2) is 9.39. The van der Waals surface area contributed by atoms with Gasteiger partial charge >= 0.3 is 11.9 Å². The van der Waals surface area contributed by atoms with E-state index < -0.39 is 45.9 Å². The number of rotatable bonds is 7. The van der Waals surface area contributed by atoms with Crippen LogP contribution in [0.5, 0.6) is 0 Å². The van der Waals surface area contributed by atoms with Crippen LogP contribution in [0.15, 0.2) is 0 Å². The van der Waals surface area contributed by atoms with Crippen LogP contribution in [0, 0.1) is 0 Å². The lowest BCUT2D eigenvalue weighted by molar-refractivity contribution is -0.201. The van der Waals surface area contributed by atoms with E-state index in [1.54, 1.807) is 13.8 Å². The third kappa shape index (κ3) is 6.95. The van der Waals surface area contributed by atoms with Gasteiger partial charge in [0.1, 0.15) is 12.7 Å². The Morgan fingerprint density at radius 1 is 1.18 bits per heavy atom. The highest BCUT2D eigenvalue weighted by Gasteiger charge is 2.54. The molecule has 8 nitrogen and oxygen atoms in total. The Balaban J connectivity index is 3.30. The minimum Gasteiger partial charge on any atom is -0.463 e. The lowest BCUT2D eigenvalue weighted by Crippen LogP contribution is -2.53. The third-order valence-corrected chi connectivity index (χ3v) is 12.2. The first-order valence-electron chi connectivity index (χ1n) is 9.48. The van der Waals surface area contributed by atoms with Crippen LogP contribution in [0.4, 0.5) is 0 Å². The van der Waals surface area contributed by atoms with E-state index in [4.69, 9.17) is 23.2 Å². The van der Waals surface area contributed by atoms with Gasteiger partial charge in [-0.05, 0) is 32.0 Å². The van der Waals surface area contributed by atoms with E-state index in [2.05, 4.69) is 20.8 Å². The lowest BCUT2D eigenvalue weighted by atomic mass is 10.2. The van der Waals surface area contributed by atoms with Crippen molar-refractivity contribution in [2.24, 2.45) is 0 Å². The quantitative estimate of drug-likeness (QED) is 0.335. The molecule has 1 heterocycles. The fourth-order valence-corrected chi connectivity index (χ4v) is 7.44. The summed E-state index contributed by atoms with van der Waals surface area (Å²) >= 11 is 0. The van der Waals surface area contributed by atoms with Gasteiger partial charge in [-0.15, -0.1) is 0 Å². The van der Waals surface area contributed by atoms with Crippen LogP contribution in [-0.2, 0) is 37.3 Å². The minimum atomic E-state index is -3.46. The molecule has 1 fully saturated rings. The van der Waals surface area contributed by atoms with E-state index in [0.29, 0.717) is 0 Å². The van der Waals surface area contributed by atoms with Crippen molar-refractivity contribution in [2.75, 3.05) is 12.8 Å². The van der Waals surface area contributed by atoms with Crippen LogP contribution in [0.3, 0.4) is 0 Å². The summed E-state index contributed by atoms with van der Waals surface area (Å²) in [7, 11) is -5.82. The molecular formula is C18H35O8PSi. The van der Waals surface area contributed by atoms with E-state index >= 15 is 0 Å². The van der Waals surface area contributed by atoms with Gasteiger partial charge in [0.2, 0.25) is 13.7 Å². The third-order valence-electron chi connectivity index (χ3n) is 4.79. The van der Waals surface area contributed by atoms with Crippen molar-refractivity contribution in [3.63, 3.8) is 0 Å². The maximum atomic E-state index is 13.9. The summed E-state index contributed by atoms with van der Waals surface area (Å²) in [5, 5.41) is -0.144. The smallest absolute Gasteiger partial charge is 0.304 e. The zero-order valence-electron chi connectivity index (χ0n) is 18.4. The summed E-state index contributed by atoms with van der Waals surface area (Å²) in [5.74, 6) is -1.97. The molecule has 0 bridgehead atoms. The number of hydrogen-bond donors (Lipinski definition) is 0. The summed E-state index contributed by atoms with van der Waals surface area (Å²) in [6.45, 7) is 16.2. The maximum absolute atomic E-state index is 13.9. The van der Waals surface area contributed by atoms with Gasteiger partial charge in [-0.25, -0.2) is 0 Å². The molecule has 0 aromatic heterocycles. The molecule has 0 spiro atoms. The van der Waals surface area contributed by atoms with Crippen molar-refractivity contribution in [3.8, 4) is 0 Å². The number of hydrogen-bond acceptors (Lipinski definition) is 8. The number of ether oxygens (including phenoxy) is 3. The van der Waals surface area contributed by atoms with Gasteiger partial charge in [-0.1, -0.05) is 20.8 Å². The first-order chi connectivity index (χ1) is 12.6. The predicted octanol–water partition coefficient (Wildman–Crippen LogP) is 3.89. The first-order valence-corrected chi connectivity index (χ1v) is 14.3. The fourth-order valence-electron chi connectivity index (χ4n) is 2.54. The SMILES string of the molecule is CC(=O)OC[C@H]1O[C@@H](OC(C)=O)CP(=O)(OC(C)C)[C@H]1O[Si](C)(C)C(C)(C)C. The normalized spacial score (nSPS) is 28.9. The van der Waals surface area contributed by atoms with Gasteiger partial charge in [0.05, 0.1) is 12.3 Å². The zero-order valence-corrected chi connectivity index (χ0v) is 20.3. The van der Waals surface area contributed by atoms with Gasteiger partial charge in [0.25, 0.3) is 0 Å². The number of carbonyl (C=O) groups is 2. The molecule has 1 aliphatic rings. The average Bonchev–Trinajstić information content (AvgIpc) is 2.45. The summed E-state index contributed by atoms with van der Waals surface area (Å²) in [5.41, 5.74) is 0. The molecule has 10 heteroatoms. The van der Waals surface area contributed by atoms with E-state index in [0.717, 1.165) is 0 Å². The van der Waals surface area contributed by atoms with Crippen LogP contribution >= 0.6 is 7.37 Å². The Morgan fingerprint density at radius 2 is 1.75 bits per heavy atom. The van der Waals surface area contributed by atoms with Gasteiger partial charge in [0, 0.05) is 13.8 Å². The van der Waals surface area contributed by atoms with Crippen LogP contribution in [0.1, 0.15) is 48.5 Å². The highest BCUT2D eigenvalue weighted by atomic mass is 31.2. The molecule has 164 valence electrons. The van der Waals surface area contributed by atoms with Crippen molar-refractivity contribution in [1.29, 1.82) is 0 Å². The predicted molar refractivity (Wildman–Crippen MR) is 108 cm³/mol. The molecule has 0 N–H and O–H groups in total. The standard InChI is InChI=1S/C18H35O8PSi/c1-12(2)25-27(21)11-16(23-14(4)20)24-15(10-22-13(3)19)17(27)26-28(8,9)18(5,6)7/h12,15-17H,10-11H2,1-9H3/t15-,16-,17-,27?/m1/s1. The largest absolute Gasteiger partial charge is 0.463 e. The van der Waals surface area contributed by atoms with E-state index in [1.165, 1.54) is 13.8 Å². The highest BCUT2D eigenvalue weighted by Crippen LogP contribution is 2.60. The summed E-state index contributed by atoms with van der Waals surface area (Å²) < 4.78 is 42.3. The monoisotopic (exact) mass is 438 g/mol. The van der Waals surface area contributed by atoms with E-state index in [-0.39, 0.29) is 23.9 Å². The first kappa shape index (κ1) is 25.3.